The van der Waals surface area contributed by atoms with Crippen LogP contribution in [0, 0.1) is 0 Å². The highest BCUT2D eigenvalue weighted by atomic mass is 16.1. The van der Waals surface area contributed by atoms with E-state index in [4.69, 9.17) is 0 Å². The lowest BCUT2D eigenvalue weighted by Gasteiger charge is -2.04. The molecule has 2 aromatic heterocycles. The van der Waals surface area contributed by atoms with E-state index in [1.165, 1.54) is 0 Å². The highest BCUT2D eigenvalue weighted by molar-refractivity contribution is 5.77. The summed E-state index contributed by atoms with van der Waals surface area (Å²) in [6, 6.07) is 5.62. The van der Waals surface area contributed by atoms with Crippen molar-refractivity contribution in [2.24, 2.45) is 7.05 Å². The first-order chi connectivity index (χ1) is 8.25. The zero-order valence-electron chi connectivity index (χ0n) is 9.63. The molecule has 0 spiro atoms. The first-order valence-corrected chi connectivity index (χ1v) is 5.38. The van der Waals surface area contributed by atoms with Crippen LogP contribution in [0.3, 0.4) is 0 Å². The summed E-state index contributed by atoms with van der Waals surface area (Å²) in [5, 5.41) is 2.81. The molecule has 1 N–H and O–H groups in total. The number of nitrogens with zero attached hydrogens (tertiary/aromatic N) is 3. The molecule has 5 nitrogen and oxygen atoms in total. The number of carbonyl (C=O) groups excluding carboxylic acids is 1. The van der Waals surface area contributed by atoms with Crippen molar-refractivity contribution >= 4 is 5.91 Å². The molecule has 0 atom stereocenters. The minimum absolute atomic E-state index is 0.0510. The lowest BCUT2D eigenvalue weighted by Crippen LogP contribution is -2.26. The smallest absolute Gasteiger partial charge is 0.227 e. The molecule has 88 valence electrons. The molecule has 0 aliphatic heterocycles. The van der Waals surface area contributed by atoms with E-state index >= 15 is 0 Å². The quantitative estimate of drug-likeness (QED) is 0.840. The number of carbonyl (C=O) groups is 1. The minimum Gasteiger partial charge on any atom is -0.350 e. The molecule has 0 aliphatic carbocycles. The van der Waals surface area contributed by atoms with Crippen molar-refractivity contribution < 1.29 is 4.79 Å². The Morgan fingerprint density at radius 2 is 2.24 bits per heavy atom. The predicted molar refractivity (Wildman–Crippen MR) is 63.0 cm³/mol. The van der Waals surface area contributed by atoms with Gasteiger partial charge in [0.25, 0.3) is 0 Å². The Bertz CT molecular complexity index is 492. The number of amides is 1. The molecule has 0 aliphatic rings. The van der Waals surface area contributed by atoms with Crippen molar-refractivity contribution in [2.75, 3.05) is 0 Å². The fourth-order valence-electron chi connectivity index (χ4n) is 1.46. The molecule has 0 radical (unpaired) electrons. The van der Waals surface area contributed by atoms with Crippen molar-refractivity contribution in [3.8, 4) is 0 Å². The third kappa shape index (κ3) is 3.14. The normalized spacial score (nSPS) is 10.2. The molecule has 0 fully saturated rings. The average Bonchev–Trinajstić information content (AvgIpc) is 2.74. The molecule has 2 aromatic rings. The van der Waals surface area contributed by atoms with Gasteiger partial charge < -0.3 is 9.88 Å². The van der Waals surface area contributed by atoms with Gasteiger partial charge in [-0.3, -0.25) is 9.78 Å². The zero-order valence-corrected chi connectivity index (χ0v) is 9.63. The Hall–Kier alpha value is -2.17. The number of imidazole rings is 1. The zero-order chi connectivity index (χ0) is 12.1. The third-order valence-corrected chi connectivity index (χ3v) is 2.43. The summed E-state index contributed by atoms with van der Waals surface area (Å²) in [5.41, 5.74) is 0.848. The number of nitrogens with one attached hydrogen (secondary N) is 1. The maximum absolute atomic E-state index is 11.6. The van der Waals surface area contributed by atoms with Crippen molar-refractivity contribution in [1.82, 2.24) is 19.9 Å². The lowest BCUT2D eigenvalue weighted by molar-refractivity contribution is -0.120. The van der Waals surface area contributed by atoms with Gasteiger partial charge in [0, 0.05) is 25.6 Å². The molecule has 1 amide bonds. The van der Waals surface area contributed by atoms with Gasteiger partial charge in [-0.25, -0.2) is 4.98 Å². The Balaban J connectivity index is 1.85. The number of pyridine rings is 1. The molecule has 17 heavy (non-hydrogen) atoms. The molecule has 5 heteroatoms. The SMILES string of the molecule is Cn1ccnc1CC(=O)NCc1ccccn1. The number of aryl methyl sites for hydroxylation is 1. The van der Waals surface area contributed by atoms with Gasteiger partial charge in [0.15, 0.2) is 0 Å². The number of rotatable bonds is 4. The molecule has 2 heterocycles. The van der Waals surface area contributed by atoms with E-state index in [9.17, 15) is 4.79 Å². The van der Waals surface area contributed by atoms with Gasteiger partial charge in [0.1, 0.15) is 5.82 Å². The lowest BCUT2D eigenvalue weighted by atomic mass is 10.3. The molecule has 0 bridgehead atoms. The molecule has 0 saturated carbocycles. The first-order valence-electron chi connectivity index (χ1n) is 5.38. The summed E-state index contributed by atoms with van der Waals surface area (Å²) in [5.74, 6) is 0.702. The molecule has 0 aromatic carbocycles. The molecule has 0 saturated heterocycles. The van der Waals surface area contributed by atoms with Gasteiger partial charge in [-0.2, -0.15) is 0 Å². The van der Waals surface area contributed by atoms with E-state index in [0.717, 1.165) is 11.5 Å². The predicted octanol–water partition coefficient (Wildman–Crippen LogP) is 0.674. The fraction of sp³-hybridized carbons (Fsp3) is 0.250. The average molecular weight is 230 g/mol. The topological polar surface area (TPSA) is 59.8 Å². The van der Waals surface area contributed by atoms with Gasteiger partial charge >= 0.3 is 0 Å². The summed E-state index contributed by atoms with van der Waals surface area (Å²) in [4.78, 5) is 19.9. The minimum atomic E-state index is -0.0510. The standard InChI is InChI=1S/C12H14N4O/c1-16-7-6-14-11(16)8-12(17)15-9-10-4-2-3-5-13-10/h2-7H,8-9H2,1H3,(H,15,17). The summed E-state index contributed by atoms with van der Waals surface area (Å²) < 4.78 is 1.83. The molecular weight excluding hydrogens is 216 g/mol. The highest BCUT2D eigenvalue weighted by Gasteiger charge is 2.06. The molecule has 0 unspecified atom stereocenters. The summed E-state index contributed by atoms with van der Waals surface area (Å²) >= 11 is 0. The van der Waals surface area contributed by atoms with Gasteiger partial charge in [-0.1, -0.05) is 6.07 Å². The van der Waals surface area contributed by atoms with Crippen LogP contribution in [-0.4, -0.2) is 20.4 Å². The van der Waals surface area contributed by atoms with Crippen LogP contribution in [0.15, 0.2) is 36.8 Å². The largest absolute Gasteiger partial charge is 0.350 e. The monoisotopic (exact) mass is 230 g/mol. The Labute approximate surface area is 99.5 Å². The Morgan fingerprint density at radius 1 is 1.35 bits per heavy atom. The van der Waals surface area contributed by atoms with E-state index in [0.29, 0.717) is 6.54 Å². The Kier molecular flexibility index (Phi) is 3.49. The van der Waals surface area contributed by atoms with Crippen LogP contribution in [0.4, 0.5) is 0 Å². The van der Waals surface area contributed by atoms with Crippen LogP contribution >= 0.6 is 0 Å². The van der Waals surface area contributed by atoms with E-state index in [-0.39, 0.29) is 12.3 Å². The second kappa shape index (κ2) is 5.25. The second-order valence-electron chi connectivity index (χ2n) is 3.73. The molecule has 2 rings (SSSR count). The summed E-state index contributed by atoms with van der Waals surface area (Å²) in [7, 11) is 1.87. The van der Waals surface area contributed by atoms with Crippen LogP contribution in [0.25, 0.3) is 0 Å². The van der Waals surface area contributed by atoms with Crippen molar-refractivity contribution in [3.63, 3.8) is 0 Å². The molecular formula is C12H14N4O. The number of aromatic nitrogens is 3. The van der Waals surface area contributed by atoms with Crippen LogP contribution in [0.5, 0.6) is 0 Å². The van der Waals surface area contributed by atoms with E-state index in [1.54, 1.807) is 12.4 Å². The Morgan fingerprint density at radius 3 is 2.88 bits per heavy atom. The van der Waals surface area contributed by atoms with Crippen molar-refractivity contribution in [1.29, 1.82) is 0 Å². The van der Waals surface area contributed by atoms with Crippen LogP contribution in [0.1, 0.15) is 11.5 Å². The van der Waals surface area contributed by atoms with E-state index < -0.39 is 0 Å². The van der Waals surface area contributed by atoms with Crippen LogP contribution in [-0.2, 0) is 24.8 Å². The van der Waals surface area contributed by atoms with Crippen LogP contribution in [0.2, 0.25) is 0 Å². The van der Waals surface area contributed by atoms with E-state index in [1.807, 2.05) is 36.0 Å². The fourth-order valence-corrected chi connectivity index (χ4v) is 1.46. The van der Waals surface area contributed by atoms with E-state index in [2.05, 4.69) is 15.3 Å². The first kappa shape index (κ1) is 11.3. The van der Waals surface area contributed by atoms with Crippen molar-refractivity contribution in [3.05, 3.63) is 48.3 Å². The number of hydrogen-bond donors (Lipinski definition) is 1. The van der Waals surface area contributed by atoms with Crippen molar-refractivity contribution in [2.45, 2.75) is 13.0 Å². The maximum Gasteiger partial charge on any atom is 0.227 e. The van der Waals surface area contributed by atoms with Crippen LogP contribution < -0.4 is 5.32 Å². The van der Waals surface area contributed by atoms with Gasteiger partial charge in [-0.05, 0) is 12.1 Å². The maximum atomic E-state index is 11.6. The second-order valence-corrected chi connectivity index (χ2v) is 3.73. The summed E-state index contributed by atoms with van der Waals surface area (Å²) in [6.45, 7) is 0.449. The van der Waals surface area contributed by atoms with Gasteiger partial charge in [0.05, 0.1) is 18.7 Å². The van der Waals surface area contributed by atoms with Gasteiger partial charge in [-0.15, -0.1) is 0 Å². The van der Waals surface area contributed by atoms with Gasteiger partial charge in [0.2, 0.25) is 5.91 Å². The number of hydrogen-bond acceptors (Lipinski definition) is 3. The third-order valence-electron chi connectivity index (χ3n) is 2.43. The highest BCUT2D eigenvalue weighted by Crippen LogP contribution is 1.96. The summed E-state index contributed by atoms with van der Waals surface area (Å²) in [6.07, 6.45) is 5.50.